The predicted octanol–water partition coefficient (Wildman–Crippen LogP) is 18.8. The van der Waals surface area contributed by atoms with E-state index in [4.69, 9.17) is 10.2 Å². The fourth-order valence-electron chi connectivity index (χ4n) is 5.65. The Morgan fingerprint density at radius 1 is 0.338 bits per heavy atom. The maximum atomic E-state index is 12.4. The molecule has 0 aliphatic heterocycles. The zero-order chi connectivity index (χ0) is 53.6. The van der Waals surface area contributed by atoms with Gasteiger partial charge in [-0.15, -0.1) is 0 Å². The Morgan fingerprint density at radius 2 is 0.486 bits per heavy atom. The fraction of sp³-hybridized carbons (Fsp3) is 0.571. The van der Waals surface area contributed by atoms with Gasteiger partial charge >= 0.3 is 0 Å². The van der Waals surface area contributed by atoms with Crippen molar-refractivity contribution < 1.29 is 85.6 Å². The van der Waals surface area contributed by atoms with Crippen LogP contribution in [-0.2, 0) is 81.4 Å². The van der Waals surface area contributed by atoms with Crippen molar-refractivity contribution >= 4 is 5.78 Å². The molecule has 0 radical (unpaired) electrons. The molecule has 9 nitrogen and oxygen atoms in total. The Hall–Kier alpha value is -2.39. The van der Waals surface area contributed by atoms with E-state index >= 15 is 0 Å². The van der Waals surface area contributed by atoms with E-state index in [0.717, 1.165) is 22.3 Å². The molecule has 2 aliphatic carbocycles. The minimum absolute atomic E-state index is 0. The Balaban J connectivity index is -0.0000000387. The summed E-state index contributed by atoms with van der Waals surface area (Å²) in [7, 11) is 9.21. The van der Waals surface area contributed by atoms with Gasteiger partial charge in [0, 0.05) is 107 Å². The van der Waals surface area contributed by atoms with Crippen LogP contribution in [0.5, 0.6) is 0 Å². The Bertz CT molecular complexity index is 1430. The molecule has 0 bridgehead atoms. The van der Waals surface area contributed by atoms with Gasteiger partial charge in [-0.2, -0.15) is 0 Å². The summed E-state index contributed by atoms with van der Waals surface area (Å²) in [4.78, 5) is 12.4. The summed E-state index contributed by atoms with van der Waals surface area (Å²) in [5, 5.41) is 15.3. The minimum atomic E-state index is -0.181. The van der Waals surface area contributed by atoms with Crippen LogP contribution in [0.4, 0.5) is 0 Å². The average molecular weight is 1400 g/mol. The second-order valence-corrected chi connectivity index (χ2v) is 12.0. The zero-order valence-electron chi connectivity index (χ0n) is 50.1. The average Bonchev–Trinajstić information content (AvgIpc) is 3.65. The molecule has 74 heavy (non-hydrogen) atoms. The third kappa shape index (κ3) is 46.9. The van der Waals surface area contributed by atoms with E-state index in [2.05, 4.69) is 117 Å². The standard InChI is InChI=1S/C16H14O.C15H14.2C3H8O2.2C2H6O2.8C2H6.4CH4.2CH3.2W/c1-16(2)13-9-5-3-7-11(13)15(17)12-8-4-6-10-14(12)16;1-15(2)13-9-5-3-7-11(13)12-8-4-6-10-14(12)15;2*1-4-3-5-2;2*1-4-2-3;8*1-2;;;;;;;;/h3-10H,1-2H3;3-10H,1-2H3;2*3H2,1-2H3;2*3H,2H2,1H3;8*1-2H3;4*1H4;2*1H3;;/q;;;;;;;;;;;;;;;;;;2*-1;;. The van der Waals surface area contributed by atoms with Crippen LogP contribution in [0.3, 0.4) is 0 Å². The molecule has 0 spiro atoms. The van der Waals surface area contributed by atoms with Crippen LogP contribution in [0.25, 0.3) is 11.1 Å². The Labute approximate surface area is 493 Å². The van der Waals surface area contributed by atoms with Gasteiger partial charge in [0.15, 0.2) is 5.78 Å². The van der Waals surface area contributed by atoms with E-state index in [0.29, 0.717) is 13.6 Å². The van der Waals surface area contributed by atoms with Gasteiger partial charge in [0.05, 0.1) is 0 Å². The first kappa shape index (κ1) is 115. The van der Waals surface area contributed by atoms with Crippen molar-refractivity contribution in [2.45, 2.75) is 179 Å². The molecule has 0 unspecified atom stereocenters. The summed E-state index contributed by atoms with van der Waals surface area (Å²) >= 11 is 0. The maximum absolute atomic E-state index is 12.4. The number of carbonyl (C=O) groups excluding carboxylic acids is 1. The number of fused-ring (bicyclic) bond motifs is 5. The summed E-state index contributed by atoms with van der Waals surface area (Å²) in [5.74, 6) is 0.149. The summed E-state index contributed by atoms with van der Waals surface area (Å²) in [6.45, 7) is 41.4. The van der Waals surface area contributed by atoms with Crippen LogP contribution in [0.15, 0.2) is 97.1 Å². The van der Waals surface area contributed by atoms with Crippen molar-refractivity contribution in [1.29, 1.82) is 0 Å². The van der Waals surface area contributed by atoms with E-state index in [1.165, 1.54) is 36.5 Å². The van der Waals surface area contributed by atoms with E-state index in [-0.39, 0.29) is 117 Å². The number of rotatable bonds is 6. The summed E-state index contributed by atoms with van der Waals surface area (Å²) in [5.41, 5.74) is 9.71. The second kappa shape index (κ2) is 87.3. The number of ether oxygens (including phenoxy) is 6. The first-order chi connectivity index (χ1) is 32.0. The van der Waals surface area contributed by atoms with E-state index in [1.807, 2.05) is 147 Å². The zero-order valence-corrected chi connectivity index (χ0v) is 56.0. The van der Waals surface area contributed by atoms with Gasteiger partial charge in [-0.1, -0.05) is 265 Å². The third-order valence-corrected chi connectivity index (χ3v) is 7.91. The molecule has 0 amide bonds. The van der Waals surface area contributed by atoms with Gasteiger partial charge < -0.3 is 53.5 Å². The molecule has 0 saturated heterocycles. The van der Waals surface area contributed by atoms with Crippen molar-refractivity contribution in [3.63, 3.8) is 0 Å². The van der Waals surface area contributed by atoms with Crippen LogP contribution in [0.1, 0.15) is 206 Å². The molecule has 2 aliphatic rings. The number of ketones is 1. The Morgan fingerprint density at radius 3 is 0.635 bits per heavy atom. The van der Waals surface area contributed by atoms with Crippen molar-refractivity contribution in [2.75, 3.05) is 69.8 Å². The van der Waals surface area contributed by atoms with Gasteiger partial charge in [-0.05, 0) is 33.4 Å². The quantitative estimate of drug-likeness (QED) is 0.144. The van der Waals surface area contributed by atoms with Gasteiger partial charge in [0.1, 0.15) is 27.2 Å². The van der Waals surface area contributed by atoms with E-state index in [1.54, 1.807) is 28.4 Å². The molecular weight excluding hydrogens is 1270 g/mol. The first-order valence-electron chi connectivity index (χ1n) is 24.1. The van der Waals surface area contributed by atoms with Crippen molar-refractivity contribution in [3.05, 3.63) is 145 Å². The molecule has 11 heteroatoms. The van der Waals surface area contributed by atoms with Crippen molar-refractivity contribution in [3.8, 4) is 11.1 Å². The topological polar surface area (TPSA) is 113 Å². The normalized spacial score (nSPS) is 9.54. The SMILES string of the molecule is C.C.C.C.CC.CC.CC.CC.CC.CC.CC.CC.CC1(C)c2ccccc2-c2ccccc21.CC1(C)c2ccccc2C(=O)c2ccccc21.COCO.COCO.COCOC.COCOC.[CH3-].[CH3-].[W].[W]. The second-order valence-electron chi connectivity index (χ2n) is 12.0. The van der Waals surface area contributed by atoms with Crippen LogP contribution in [-0.4, -0.2) is 85.8 Å². The number of carbonyl (C=O) groups is 1. The van der Waals surface area contributed by atoms with Gasteiger partial charge in [-0.3, -0.25) is 4.79 Å². The largest absolute Gasteiger partial charge is 0.371 e. The molecule has 0 saturated carbocycles. The molecule has 0 fully saturated rings. The number of methoxy groups -OCH3 is 6. The maximum Gasteiger partial charge on any atom is 0.193 e. The molecule has 6 rings (SSSR count). The van der Waals surface area contributed by atoms with Crippen LogP contribution in [0.2, 0.25) is 0 Å². The summed E-state index contributed by atoms with van der Waals surface area (Å²) in [6, 6.07) is 33.3. The summed E-state index contributed by atoms with van der Waals surface area (Å²) in [6.07, 6.45) is 0. The molecule has 0 aromatic heterocycles. The minimum Gasteiger partial charge on any atom is -0.371 e. The first-order valence-corrected chi connectivity index (χ1v) is 24.1. The number of hydrogen-bond donors (Lipinski definition) is 2. The molecule has 0 atom stereocenters. The number of benzene rings is 4. The number of hydrogen-bond acceptors (Lipinski definition) is 9. The van der Waals surface area contributed by atoms with Crippen molar-refractivity contribution in [2.24, 2.45) is 0 Å². The Kier molecular flexibility index (Phi) is 136. The molecule has 4 aromatic carbocycles. The number of aliphatic hydroxyl groups excluding tert-OH is 2. The van der Waals surface area contributed by atoms with Gasteiger partial charge in [0.2, 0.25) is 0 Å². The van der Waals surface area contributed by atoms with Crippen LogP contribution >= 0.6 is 0 Å². The third-order valence-electron chi connectivity index (χ3n) is 7.91. The van der Waals surface area contributed by atoms with Crippen LogP contribution < -0.4 is 0 Å². The molecule has 2 N–H and O–H groups in total. The fourth-order valence-corrected chi connectivity index (χ4v) is 5.65. The van der Waals surface area contributed by atoms with Crippen molar-refractivity contribution in [1.82, 2.24) is 0 Å². The smallest absolute Gasteiger partial charge is 0.193 e. The van der Waals surface area contributed by atoms with Gasteiger partial charge in [-0.25, -0.2) is 0 Å². The molecule has 4 aromatic rings. The predicted molar refractivity (Wildman–Crippen MR) is 329 cm³/mol. The van der Waals surface area contributed by atoms with E-state index in [9.17, 15) is 4.79 Å². The number of aliphatic hydroxyl groups is 2. The monoisotopic (exact) mass is 1390 g/mol. The molecule has 446 valence electrons. The molecule has 0 heterocycles. The van der Waals surface area contributed by atoms with Crippen LogP contribution in [0, 0.1) is 14.9 Å². The summed E-state index contributed by atoms with van der Waals surface area (Å²) < 4.78 is 26.1. The molecular formula is C63H126O9W2-2. The van der Waals surface area contributed by atoms with Gasteiger partial charge in [0.25, 0.3) is 0 Å². The van der Waals surface area contributed by atoms with E-state index < -0.39 is 0 Å².